The lowest BCUT2D eigenvalue weighted by atomic mass is 10.2. The normalized spacial score (nSPS) is 16.0. The summed E-state index contributed by atoms with van der Waals surface area (Å²) >= 11 is 1.64. The smallest absolute Gasteiger partial charge is 0.252 e. The van der Waals surface area contributed by atoms with Crippen molar-refractivity contribution < 1.29 is 0 Å². The predicted molar refractivity (Wildman–Crippen MR) is 79.5 cm³/mol. The number of nitrogens with one attached hydrogen (secondary N) is 2. The Hall–Kier alpha value is -1.39. The van der Waals surface area contributed by atoms with E-state index in [9.17, 15) is 4.79 Å². The van der Waals surface area contributed by atoms with E-state index in [4.69, 9.17) is 0 Å². The Morgan fingerprint density at radius 2 is 2.11 bits per heavy atom. The van der Waals surface area contributed by atoms with Crippen molar-refractivity contribution in [1.82, 2.24) is 10.3 Å². The third kappa shape index (κ3) is 2.96. The summed E-state index contributed by atoms with van der Waals surface area (Å²) in [6.07, 6.45) is 5.10. The van der Waals surface area contributed by atoms with Crippen LogP contribution in [0.2, 0.25) is 0 Å². The first-order valence-electron chi connectivity index (χ1n) is 6.82. The number of pyridine rings is 1. The van der Waals surface area contributed by atoms with Gasteiger partial charge in [0.15, 0.2) is 0 Å². The Kier molecular flexibility index (Phi) is 3.80. The minimum absolute atomic E-state index is 0.0244. The Bertz CT molecular complexity index is 582. The number of hydrogen-bond donors (Lipinski definition) is 2. The molecule has 0 amide bonds. The van der Waals surface area contributed by atoms with Crippen molar-refractivity contribution in [2.75, 3.05) is 0 Å². The van der Waals surface area contributed by atoms with Crippen LogP contribution < -0.4 is 10.9 Å². The molecular weight excluding hydrogens is 256 g/mol. The summed E-state index contributed by atoms with van der Waals surface area (Å²) < 4.78 is 0. The molecule has 0 aromatic carbocycles. The predicted octanol–water partition coefficient (Wildman–Crippen LogP) is 3.14. The van der Waals surface area contributed by atoms with Gasteiger partial charge in [-0.15, -0.1) is 11.3 Å². The number of thiophene rings is 1. The highest BCUT2D eigenvalue weighted by Gasteiger charge is 2.14. The largest absolute Gasteiger partial charge is 0.321 e. The Morgan fingerprint density at radius 3 is 2.79 bits per heavy atom. The number of aromatic amines is 1. The lowest BCUT2D eigenvalue weighted by Crippen LogP contribution is -2.28. The van der Waals surface area contributed by atoms with E-state index < -0.39 is 0 Å². The molecule has 1 saturated carbocycles. The third-order valence-electron chi connectivity index (χ3n) is 3.71. The summed E-state index contributed by atoms with van der Waals surface area (Å²) in [6, 6.07) is 8.55. The quantitative estimate of drug-likeness (QED) is 0.899. The molecule has 0 saturated heterocycles. The third-order valence-corrected chi connectivity index (χ3v) is 4.62. The molecule has 1 aliphatic rings. The molecule has 2 N–H and O–H groups in total. The molecule has 3 nitrogen and oxygen atoms in total. The molecule has 0 spiro atoms. The van der Waals surface area contributed by atoms with Gasteiger partial charge in [0.25, 0.3) is 5.56 Å². The monoisotopic (exact) mass is 274 g/mol. The molecular formula is C15H18N2OS. The average molecular weight is 274 g/mol. The maximum atomic E-state index is 12.0. The molecule has 0 aliphatic heterocycles. The highest BCUT2D eigenvalue weighted by molar-refractivity contribution is 7.13. The first-order valence-corrected chi connectivity index (χ1v) is 7.70. The second-order valence-electron chi connectivity index (χ2n) is 5.07. The fraction of sp³-hybridized carbons (Fsp3) is 0.400. The second-order valence-corrected chi connectivity index (χ2v) is 6.01. The maximum Gasteiger partial charge on any atom is 0.252 e. The van der Waals surface area contributed by atoms with Crippen LogP contribution in [0.1, 0.15) is 31.2 Å². The van der Waals surface area contributed by atoms with Gasteiger partial charge < -0.3 is 10.3 Å². The molecule has 0 unspecified atom stereocenters. The van der Waals surface area contributed by atoms with Crippen molar-refractivity contribution in [3.05, 3.63) is 45.6 Å². The Morgan fingerprint density at radius 1 is 1.26 bits per heavy atom. The molecule has 2 aromatic heterocycles. The van der Waals surface area contributed by atoms with Crippen LogP contribution in [0.15, 0.2) is 34.4 Å². The van der Waals surface area contributed by atoms with Gasteiger partial charge in [-0.05, 0) is 30.4 Å². The summed E-state index contributed by atoms with van der Waals surface area (Å²) in [7, 11) is 0. The van der Waals surface area contributed by atoms with Crippen LogP contribution in [0.3, 0.4) is 0 Å². The molecule has 19 heavy (non-hydrogen) atoms. The van der Waals surface area contributed by atoms with Gasteiger partial charge in [-0.2, -0.15) is 0 Å². The topological polar surface area (TPSA) is 44.9 Å². The van der Waals surface area contributed by atoms with Crippen molar-refractivity contribution in [3.63, 3.8) is 0 Å². The van der Waals surface area contributed by atoms with Crippen LogP contribution in [-0.2, 0) is 6.54 Å². The van der Waals surface area contributed by atoms with Gasteiger partial charge in [0.05, 0.1) is 10.6 Å². The maximum absolute atomic E-state index is 12.0. The van der Waals surface area contributed by atoms with Crippen molar-refractivity contribution in [2.45, 2.75) is 38.3 Å². The lowest BCUT2D eigenvalue weighted by molar-refractivity contribution is 0.522. The molecule has 0 atom stereocenters. The van der Waals surface area contributed by atoms with E-state index in [0.717, 1.165) is 16.1 Å². The number of aromatic nitrogens is 1. The number of hydrogen-bond acceptors (Lipinski definition) is 3. The van der Waals surface area contributed by atoms with E-state index in [1.165, 1.54) is 25.7 Å². The summed E-state index contributed by atoms with van der Waals surface area (Å²) in [4.78, 5) is 16.1. The molecule has 2 aromatic rings. The standard InChI is InChI=1S/C15H18N2OS/c18-15-11(10-16-12-4-1-2-5-12)7-8-13(17-15)14-6-3-9-19-14/h3,6-9,12,16H,1-2,4-5,10H2,(H,17,18). The highest BCUT2D eigenvalue weighted by Crippen LogP contribution is 2.21. The van der Waals surface area contributed by atoms with Crippen LogP contribution in [0.4, 0.5) is 0 Å². The molecule has 4 heteroatoms. The van der Waals surface area contributed by atoms with Gasteiger partial charge in [0.2, 0.25) is 0 Å². The number of rotatable bonds is 4. The van der Waals surface area contributed by atoms with E-state index >= 15 is 0 Å². The summed E-state index contributed by atoms with van der Waals surface area (Å²) in [5.41, 5.74) is 1.76. The van der Waals surface area contributed by atoms with Gasteiger partial charge in [-0.1, -0.05) is 25.0 Å². The molecule has 1 aliphatic carbocycles. The summed E-state index contributed by atoms with van der Waals surface area (Å²) in [6.45, 7) is 0.671. The van der Waals surface area contributed by atoms with Gasteiger partial charge in [-0.3, -0.25) is 4.79 Å². The summed E-state index contributed by atoms with van der Waals surface area (Å²) in [5.74, 6) is 0. The van der Waals surface area contributed by atoms with E-state index in [1.807, 2.05) is 29.6 Å². The van der Waals surface area contributed by atoms with Crippen LogP contribution in [0.5, 0.6) is 0 Å². The van der Waals surface area contributed by atoms with E-state index in [-0.39, 0.29) is 5.56 Å². The average Bonchev–Trinajstić information content (AvgIpc) is 3.10. The van der Waals surface area contributed by atoms with Crippen molar-refractivity contribution in [1.29, 1.82) is 0 Å². The van der Waals surface area contributed by atoms with E-state index in [0.29, 0.717) is 12.6 Å². The first kappa shape index (κ1) is 12.6. The molecule has 1 fully saturated rings. The second kappa shape index (κ2) is 5.72. The highest BCUT2D eigenvalue weighted by atomic mass is 32.1. The fourth-order valence-corrected chi connectivity index (χ4v) is 3.31. The molecule has 3 rings (SSSR count). The van der Waals surface area contributed by atoms with Crippen LogP contribution in [-0.4, -0.2) is 11.0 Å². The zero-order chi connectivity index (χ0) is 13.1. The van der Waals surface area contributed by atoms with Crippen molar-refractivity contribution in [2.24, 2.45) is 0 Å². The van der Waals surface area contributed by atoms with Gasteiger partial charge >= 0.3 is 0 Å². The zero-order valence-electron chi connectivity index (χ0n) is 10.8. The van der Waals surface area contributed by atoms with Crippen LogP contribution in [0, 0.1) is 0 Å². The number of H-pyrrole nitrogens is 1. The van der Waals surface area contributed by atoms with Gasteiger partial charge in [-0.25, -0.2) is 0 Å². The van der Waals surface area contributed by atoms with Gasteiger partial charge in [0.1, 0.15) is 0 Å². The summed E-state index contributed by atoms with van der Waals surface area (Å²) in [5, 5.41) is 5.49. The van der Waals surface area contributed by atoms with Gasteiger partial charge in [0, 0.05) is 18.2 Å². The lowest BCUT2D eigenvalue weighted by Gasteiger charge is -2.11. The Labute approximate surface area is 116 Å². The minimum atomic E-state index is 0.0244. The minimum Gasteiger partial charge on any atom is -0.321 e. The van der Waals surface area contributed by atoms with E-state index in [2.05, 4.69) is 10.3 Å². The first-order chi connectivity index (χ1) is 9.33. The van der Waals surface area contributed by atoms with Crippen molar-refractivity contribution >= 4 is 11.3 Å². The molecule has 100 valence electrons. The fourth-order valence-electron chi connectivity index (χ4n) is 2.60. The zero-order valence-corrected chi connectivity index (χ0v) is 11.6. The molecule has 2 heterocycles. The van der Waals surface area contributed by atoms with Crippen LogP contribution in [0.25, 0.3) is 10.6 Å². The Balaban J connectivity index is 1.71. The SMILES string of the molecule is O=c1[nH]c(-c2cccs2)ccc1CNC1CCCC1. The van der Waals surface area contributed by atoms with Crippen LogP contribution >= 0.6 is 11.3 Å². The molecule has 0 bridgehead atoms. The van der Waals surface area contributed by atoms with Crippen molar-refractivity contribution in [3.8, 4) is 10.6 Å². The molecule has 0 radical (unpaired) electrons. The van der Waals surface area contributed by atoms with E-state index in [1.54, 1.807) is 11.3 Å².